The van der Waals surface area contributed by atoms with E-state index in [1.165, 1.54) is 0 Å². The van der Waals surface area contributed by atoms with E-state index >= 15 is 0 Å². The van der Waals surface area contributed by atoms with Crippen LogP contribution < -0.4 is 19.3 Å². The zero-order valence-electron chi connectivity index (χ0n) is 58.6. The highest BCUT2D eigenvalue weighted by Crippen LogP contribution is 2.51. The molecule has 1 aliphatic heterocycles. The van der Waals surface area contributed by atoms with Crippen LogP contribution in [0.5, 0.6) is 23.0 Å². The average molecular weight is 1130 g/mol. The number of anilines is 4. The van der Waals surface area contributed by atoms with Gasteiger partial charge in [0.2, 0.25) is 0 Å². The maximum atomic E-state index is 9.42. The number of benzene rings is 11. The highest BCUT2D eigenvalue weighted by atomic mass is 16.5. The molecule has 0 bridgehead atoms. The van der Waals surface area contributed by atoms with Crippen LogP contribution in [0.3, 0.4) is 0 Å². The second-order valence-electron chi connectivity index (χ2n) is 23.7. The average Bonchev–Trinajstić information content (AvgIpc) is 1.30. The zero-order valence-corrected chi connectivity index (χ0v) is 48.6. The predicted molar refractivity (Wildman–Crippen MR) is 358 cm³/mol. The second kappa shape index (κ2) is 22.0. The molecule has 0 saturated carbocycles. The molecule has 0 aliphatic carbocycles. The summed E-state index contributed by atoms with van der Waals surface area (Å²) in [6, 6.07) is 66.6. The van der Waals surface area contributed by atoms with E-state index in [1.807, 2.05) is 125 Å². The molecule has 0 saturated heterocycles. The van der Waals surface area contributed by atoms with E-state index in [4.69, 9.17) is 25.4 Å². The molecule has 0 N–H and O–H groups in total. The van der Waals surface area contributed by atoms with Gasteiger partial charge in [0.25, 0.3) is 0 Å². The summed E-state index contributed by atoms with van der Waals surface area (Å²) < 4.78 is 105. The molecule has 11 aromatic carbocycles. The van der Waals surface area contributed by atoms with Crippen molar-refractivity contribution in [3.63, 3.8) is 0 Å². The molecule has 2 aromatic heterocycles. The van der Waals surface area contributed by atoms with Crippen LogP contribution in [0.25, 0.3) is 83.3 Å². The Bertz CT molecular complexity index is 5160. The summed E-state index contributed by atoms with van der Waals surface area (Å²) in [6.45, 7) is 12.7. The Morgan fingerprint density at radius 3 is 1.64 bits per heavy atom. The van der Waals surface area contributed by atoms with Gasteiger partial charge in [-0.3, -0.25) is 4.57 Å². The first-order valence-electron chi connectivity index (χ1n) is 33.9. The summed E-state index contributed by atoms with van der Waals surface area (Å²) >= 11 is 0. The lowest BCUT2D eigenvalue weighted by Crippen LogP contribution is -2.24. The first-order valence-corrected chi connectivity index (χ1v) is 28.9. The Labute approximate surface area is 518 Å². The van der Waals surface area contributed by atoms with Gasteiger partial charge in [0.15, 0.2) is 0 Å². The fourth-order valence-electron chi connectivity index (χ4n) is 11.7. The standard InChI is InChI=1S/C80H66N4O2/c1-79(2,3)60-46-58(54-25-11-7-12-26-54)45-59(47-60)71-49-61(80(4,5)6)48-70(57-31-17-10-18-32-57)78(71)86-65-43-44-81-76(52-65)84-72-38-20-19-35-68(72)69-42-41-64(51-75(69)84)85-63-34-23-33-62(50-63)82-53-83(74-40-22-21-39-73(74)82)77-66(55-27-13-8-14-28-55)36-24-37-67(77)56-29-15-9-16-30-56/h7-52H,53H2,1-6H3/i7D,10D,11D,12D,17D,18D,25D,26D,31D,32D. The van der Waals surface area contributed by atoms with Gasteiger partial charge in [-0.15, -0.1) is 0 Å². The SMILES string of the molecule is [2H]c1c([2H])c([2H])c(-c2cc(-c3cc(C(C)(C)C)cc(-c4c([2H])c([2H])c([2H])c([2H])c4[2H])c3Oc3ccnc(-n4c5ccccc5c5ccc(Oc6cccc(N7CN(c8c(-c9ccccc9)cccc8-c8ccccc8)c8ccccc87)c6)cc54)c3)cc(C(C)(C)C)c2)c([2H])c1[2H]. The van der Waals surface area contributed by atoms with Crippen molar-refractivity contribution in [3.8, 4) is 84.5 Å². The van der Waals surface area contributed by atoms with E-state index < -0.39 is 59.2 Å². The minimum Gasteiger partial charge on any atom is -0.457 e. The van der Waals surface area contributed by atoms with Crippen molar-refractivity contribution in [1.29, 1.82) is 0 Å². The van der Waals surface area contributed by atoms with Crippen molar-refractivity contribution < 1.29 is 23.2 Å². The summed E-state index contributed by atoms with van der Waals surface area (Å²) in [5.41, 5.74) is 12.2. The van der Waals surface area contributed by atoms with Crippen LogP contribution in [0.2, 0.25) is 0 Å². The number of fused-ring (bicyclic) bond motifs is 4. The first-order chi connectivity index (χ1) is 46.0. The minimum atomic E-state index is -0.579. The van der Waals surface area contributed by atoms with Crippen molar-refractivity contribution >= 4 is 44.6 Å². The number of pyridine rings is 1. The highest BCUT2D eigenvalue weighted by molar-refractivity contribution is 6.09. The second-order valence-corrected chi connectivity index (χ2v) is 23.7. The van der Waals surface area contributed by atoms with Crippen LogP contribution >= 0.6 is 0 Å². The molecule has 3 heterocycles. The third-order valence-corrected chi connectivity index (χ3v) is 16.0. The van der Waals surface area contributed by atoms with Crippen molar-refractivity contribution in [3.05, 3.63) is 290 Å². The number of hydrogen-bond acceptors (Lipinski definition) is 5. The van der Waals surface area contributed by atoms with Crippen LogP contribution in [0.4, 0.5) is 22.7 Å². The lowest BCUT2D eigenvalue weighted by atomic mass is 9.80. The summed E-state index contributed by atoms with van der Waals surface area (Å²) in [7, 11) is 0. The van der Waals surface area contributed by atoms with E-state index in [9.17, 15) is 2.74 Å². The monoisotopic (exact) mass is 1120 g/mol. The van der Waals surface area contributed by atoms with Crippen LogP contribution in [-0.2, 0) is 10.8 Å². The summed E-state index contributed by atoms with van der Waals surface area (Å²) in [4.78, 5) is 9.73. The Balaban J connectivity index is 0.879. The molecular formula is C80H66N4O2. The number of ether oxygens (including phenoxy) is 2. The van der Waals surface area contributed by atoms with Gasteiger partial charge in [-0.1, -0.05) is 229 Å². The fourth-order valence-corrected chi connectivity index (χ4v) is 11.7. The molecule has 0 atom stereocenters. The Kier molecular flexibility index (Phi) is 11.0. The number of para-hydroxylation sites is 4. The molecule has 6 heteroatoms. The topological polar surface area (TPSA) is 42.8 Å². The molecule has 86 heavy (non-hydrogen) atoms. The van der Waals surface area contributed by atoms with E-state index in [0.717, 1.165) is 77.9 Å². The third kappa shape index (κ3) is 10.2. The predicted octanol–water partition coefficient (Wildman–Crippen LogP) is 21.9. The Hall–Kier alpha value is -10.4. The number of nitrogens with zero attached hydrogens (tertiary/aromatic N) is 4. The Morgan fingerprint density at radius 2 is 0.953 bits per heavy atom. The van der Waals surface area contributed by atoms with Gasteiger partial charge >= 0.3 is 0 Å². The van der Waals surface area contributed by atoms with E-state index in [-0.39, 0.29) is 34.5 Å². The van der Waals surface area contributed by atoms with E-state index in [0.29, 0.717) is 46.4 Å². The lowest BCUT2D eigenvalue weighted by Gasteiger charge is -2.27. The molecule has 0 amide bonds. The molecule has 0 spiro atoms. The third-order valence-electron chi connectivity index (χ3n) is 16.0. The van der Waals surface area contributed by atoms with Crippen LogP contribution in [0.1, 0.15) is 66.4 Å². The maximum Gasteiger partial charge on any atom is 0.143 e. The number of rotatable bonds is 12. The molecule has 14 rings (SSSR count). The number of hydrogen-bond donors (Lipinski definition) is 0. The van der Waals surface area contributed by atoms with Gasteiger partial charge in [-0.25, -0.2) is 4.98 Å². The van der Waals surface area contributed by atoms with Crippen molar-refractivity contribution in [2.45, 2.75) is 52.4 Å². The van der Waals surface area contributed by atoms with Crippen molar-refractivity contribution in [2.75, 3.05) is 16.5 Å². The summed E-state index contributed by atoms with van der Waals surface area (Å²) in [5, 5.41) is 1.91. The summed E-state index contributed by atoms with van der Waals surface area (Å²) in [6.07, 6.45) is 1.64. The molecule has 418 valence electrons. The maximum absolute atomic E-state index is 9.42. The molecule has 0 unspecified atom stereocenters. The highest BCUT2D eigenvalue weighted by Gasteiger charge is 2.32. The molecule has 1 aliphatic rings. The van der Waals surface area contributed by atoms with Crippen LogP contribution in [0.15, 0.2) is 279 Å². The van der Waals surface area contributed by atoms with E-state index in [2.05, 4.69) is 125 Å². The van der Waals surface area contributed by atoms with Gasteiger partial charge in [-0.2, -0.15) is 0 Å². The number of aromatic nitrogens is 2. The van der Waals surface area contributed by atoms with Crippen LogP contribution in [0, 0.1) is 0 Å². The molecule has 0 fully saturated rings. The van der Waals surface area contributed by atoms with Crippen LogP contribution in [-0.4, -0.2) is 16.2 Å². The van der Waals surface area contributed by atoms with Gasteiger partial charge in [-0.05, 0) is 122 Å². The first kappa shape index (κ1) is 43.3. The zero-order chi connectivity index (χ0) is 67.2. The molecule has 0 radical (unpaired) electrons. The lowest BCUT2D eigenvalue weighted by molar-refractivity contribution is 0.483. The summed E-state index contributed by atoms with van der Waals surface area (Å²) in [5.74, 6) is 2.14. The fraction of sp³-hybridized carbons (Fsp3) is 0.113. The normalized spacial score (nSPS) is 14.1. The van der Waals surface area contributed by atoms with Gasteiger partial charge in [0, 0.05) is 63.1 Å². The van der Waals surface area contributed by atoms with Gasteiger partial charge in [0.05, 0.1) is 41.8 Å². The smallest absolute Gasteiger partial charge is 0.143 e. The molecular weight excluding hydrogens is 1050 g/mol. The quantitative estimate of drug-likeness (QED) is 0.122. The van der Waals surface area contributed by atoms with Gasteiger partial charge < -0.3 is 19.3 Å². The molecule has 13 aromatic rings. The largest absolute Gasteiger partial charge is 0.457 e. The molecule has 6 nitrogen and oxygen atoms in total. The van der Waals surface area contributed by atoms with Gasteiger partial charge in [0.1, 0.15) is 35.5 Å². The van der Waals surface area contributed by atoms with E-state index in [1.54, 1.807) is 24.4 Å². The minimum absolute atomic E-state index is 0.0143. The van der Waals surface area contributed by atoms with Crippen molar-refractivity contribution in [1.82, 2.24) is 9.55 Å². The van der Waals surface area contributed by atoms with Crippen molar-refractivity contribution in [2.24, 2.45) is 0 Å². The Morgan fingerprint density at radius 1 is 0.395 bits per heavy atom.